The number of hydrogen-bond donors (Lipinski definition) is 1. The normalized spacial score (nSPS) is 12.9. The van der Waals surface area contributed by atoms with Crippen LogP contribution in [-0.4, -0.2) is 16.5 Å². The number of nitrogens with zero attached hydrogens (tertiary/aromatic N) is 1. The summed E-state index contributed by atoms with van der Waals surface area (Å²) in [5.41, 5.74) is 1.00. The smallest absolute Gasteiger partial charge is 0.153 e. The highest BCUT2D eigenvalue weighted by Crippen LogP contribution is 2.22. The zero-order valence-electron chi connectivity index (χ0n) is 7.61. The number of aldehydes is 1. The van der Waals surface area contributed by atoms with Crippen molar-refractivity contribution in [2.45, 2.75) is 12.3 Å². The Morgan fingerprint density at radius 1 is 1.71 bits per heavy atom. The minimum atomic E-state index is -0.232. The number of halogens is 1. The van der Waals surface area contributed by atoms with Crippen LogP contribution in [0.3, 0.4) is 0 Å². The highest BCUT2D eigenvalue weighted by atomic mass is 19.1. The zero-order valence-corrected chi connectivity index (χ0v) is 7.61. The molecule has 0 aromatic carbocycles. The molecule has 0 fully saturated rings. The molecule has 0 saturated heterocycles. The van der Waals surface area contributed by atoms with E-state index in [1.54, 1.807) is 6.08 Å². The van der Waals surface area contributed by atoms with Crippen molar-refractivity contribution in [1.82, 2.24) is 10.2 Å². The molecule has 0 saturated carbocycles. The fourth-order valence-electron chi connectivity index (χ4n) is 1.25. The number of rotatable bonds is 5. The van der Waals surface area contributed by atoms with Crippen LogP contribution in [0.15, 0.2) is 31.3 Å². The molecular formula is C10H11FN2O. The SMILES string of the molecule is C=CCC(C=CF)c1n[nH]cc1C=O. The summed E-state index contributed by atoms with van der Waals surface area (Å²) >= 11 is 0. The summed E-state index contributed by atoms with van der Waals surface area (Å²) in [5, 5.41) is 6.48. The maximum atomic E-state index is 12.1. The third kappa shape index (κ3) is 2.16. The minimum Gasteiger partial charge on any atom is -0.298 e. The van der Waals surface area contributed by atoms with Gasteiger partial charge in [-0.25, -0.2) is 4.39 Å². The molecule has 14 heavy (non-hydrogen) atoms. The molecule has 3 nitrogen and oxygen atoms in total. The molecule has 1 aromatic rings. The summed E-state index contributed by atoms with van der Waals surface area (Å²) in [4.78, 5) is 10.6. The average molecular weight is 194 g/mol. The Morgan fingerprint density at radius 3 is 3.07 bits per heavy atom. The molecule has 0 bridgehead atoms. The lowest BCUT2D eigenvalue weighted by Crippen LogP contribution is -1.98. The number of carbonyl (C=O) groups excluding carboxylic acids is 1. The second-order valence-corrected chi connectivity index (χ2v) is 2.79. The summed E-state index contributed by atoms with van der Waals surface area (Å²) < 4.78 is 12.1. The van der Waals surface area contributed by atoms with Crippen molar-refractivity contribution >= 4 is 6.29 Å². The van der Waals surface area contributed by atoms with Gasteiger partial charge in [-0.2, -0.15) is 5.10 Å². The fraction of sp³-hybridized carbons (Fsp3) is 0.200. The van der Waals surface area contributed by atoms with Crippen molar-refractivity contribution in [3.8, 4) is 0 Å². The van der Waals surface area contributed by atoms with Crippen molar-refractivity contribution in [3.63, 3.8) is 0 Å². The second kappa shape index (κ2) is 5.11. The summed E-state index contributed by atoms with van der Waals surface area (Å²) in [6.45, 7) is 3.57. The van der Waals surface area contributed by atoms with E-state index in [-0.39, 0.29) is 5.92 Å². The van der Waals surface area contributed by atoms with Gasteiger partial charge in [0, 0.05) is 12.1 Å². The quantitative estimate of drug-likeness (QED) is 0.577. The topological polar surface area (TPSA) is 45.8 Å². The third-order valence-electron chi connectivity index (χ3n) is 1.90. The minimum absolute atomic E-state index is 0.232. The van der Waals surface area contributed by atoms with Gasteiger partial charge in [-0.15, -0.1) is 6.58 Å². The van der Waals surface area contributed by atoms with Crippen molar-refractivity contribution in [2.75, 3.05) is 0 Å². The van der Waals surface area contributed by atoms with Crippen molar-refractivity contribution in [1.29, 1.82) is 0 Å². The van der Waals surface area contributed by atoms with Crippen LogP contribution >= 0.6 is 0 Å². The van der Waals surface area contributed by atoms with Gasteiger partial charge in [-0.3, -0.25) is 9.89 Å². The first-order chi connectivity index (χ1) is 6.83. The molecule has 1 rings (SSSR count). The van der Waals surface area contributed by atoms with E-state index >= 15 is 0 Å². The zero-order chi connectivity index (χ0) is 10.4. The first-order valence-corrected chi connectivity index (χ1v) is 4.20. The first-order valence-electron chi connectivity index (χ1n) is 4.20. The molecule has 0 aliphatic rings. The molecule has 0 amide bonds. The standard InChI is InChI=1S/C10H11FN2O/c1-2-3-8(4-5-11)10-9(7-14)6-12-13-10/h2,4-8H,1,3H2,(H,12,13). The highest BCUT2D eigenvalue weighted by Gasteiger charge is 2.13. The maximum absolute atomic E-state index is 12.1. The van der Waals surface area contributed by atoms with Crippen molar-refractivity contribution < 1.29 is 9.18 Å². The van der Waals surface area contributed by atoms with E-state index in [2.05, 4.69) is 16.8 Å². The van der Waals surface area contributed by atoms with Gasteiger partial charge in [0.15, 0.2) is 6.29 Å². The van der Waals surface area contributed by atoms with Crippen LogP contribution in [0.5, 0.6) is 0 Å². The molecule has 1 heterocycles. The summed E-state index contributed by atoms with van der Waals surface area (Å²) in [6, 6.07) is 0. The van der Waals surface area contributed by atoms with Crippen molar-refractivity contribution in [3.05, 3.63) is 42.5 Å². The second-order valence-electron chi connectivity index (χ2n) is 2.79. The molecule has 0 spiro atoms. The van der Waals surface area contributed by atoms with Crippen LogP contribution in [-0.2, 0) is 0 Å². The Labute approximate surface area is 81.3 Å². The largest absolute Gasteiger partial charge is 0.298 e. The Morgan fingerprint density at radius 2 is 2.50 bits per heavy atom. The number of nitrogens with one attached hydrogen (secondary N) is 1. The summed E-state index contributed by atoms with van der Waals surface area (Å²) in [5.74, 6) is -0.232. The van der Waals surface area contributed by atoms with Gasteiger partial charge in [-0.1, -0.05) is 6.08 Å². The van der Waals surface area contributed by atoms with Gasteiger partial charge in [0.2, 0.25) is 0 Å². The Balaban J connectivity index is 2.96. The van der Waals surface area contributed by atoms with Crippen LogP contribution in [0.1, 0.15) is 28.4 Å². The molecule has 1 unspecified atom stereocenters. The Kier molecular flexibility index (Phi) is 3.79. The molecule has 0 aliphatic carbocycles. The number of allylic oxidation sites excluding steroid dienone is 2. The van der Waals surface area contributed by atoms with Crippen LogP contribution in [0, 0.1) is 0 Å². The van der Waals surface area contributed by atoms with E-state index in [0.29, 0.717) is 30.3 Å². The Hall–Kier alpha value is -1.71. The molecular weight excluding hydrogens is 183 g/mol. The molecule has 1 aromatic heterocycles. The van der Waals surface area contributed by atoms with Gasteiger partial charge in [-0.05, 0) is 12.5 Å². The van der Waals surface area contributed by atoms with Crippen LogP contribution in [0.4, 0.5) is 4.39 Å². The van der Waals surface area contributed by atoms with Gasteiger partial charge in [0.25, 0.3) is 0 Å². The highest BCUT2D eigenvalue weighted by molar-refractivity contribution is 5.76. The van der Waals surface area contributed by atoms with Gasteiger partial charge < -0.3 is 0 Å². The Bertz CT molecular complexity index is 344. The van der Waals surface area contributed by atoms with E-state index in [9.17, 15) is 9.18 Å². The number of carbonyl (C=O) groups is 1. The van der Waals surface area contributed by atoms with Crippen LogP contribution in [0.2, 0.25) is 0 Å². The lowest BCUT2D eigenvalue weighted by Gasteiger charge is -2.06. The van der Waals surface area contributed by atoms with Crippen LogP contribution in [0.25, 0.3) is 0 Å². The van der Waals surface area contributed by atoms with Gasteiger partial charge in [0.05, 0.1) is 17.6 Å². The van der Waals surface area contributed by atoms with Gasteiger partial charge in [0.1, 0.15) is 0 Å². The number of aromatic amines is 1. The molecule has 0 aliphatic heterocycles. The fourth-order valence-corrected chi connectivity index (χ4v) is 1.25. The molecule has 4 heteroatoms. The van der Waals surface area contributed by atoms with E-state index < -0.39 is 0 Å². The average Bonchev–Trinajstić information content (AvgIpc) is 2.65. The maximum Gasteiger partial charge on any atom is 0.153 e. The van der Waals surface area contributed by atoms with E-state index in [0.717, 1.165) is 0 Å². The molecule has 1 atom stereocenters. The molecule has 74 valence electrons. The molecule has 1 N–H and O–H groups in total. The number of hydrogen-bond acceptors (Lipinski definition) is 2. The predicted octanol–water partition coefficient (Wildman–Crippen LogP) is 2.37. The first kappa shape index (κ1) is 10.4. The van der Waals surface area contributed by atoms with Gasteiger partial charge >= 0.3 is 0 Å². The molecule has 0 radical (unpaired) electrons. The van der Waals surface area contributed by atoms with E-state index in [1.165, 1.54) is 12.3 Å². The number of aromatic nitrogens is 2. The monoisotopic (exact) mass is 194 g/mol. The third-order valence-corrected chi connectivity index (χ3v) is 1.90. The lowest BCUT2D eigenvalue weighted by atomic mass is 9.99. The van der Waals surface area contributed by atoms with E-state index in [1.807, 2.05) is 0 Å². The lowest BCUT2D eigenvalue weighted by molar-refractivity contribution is 0.112. The van der Waals surface area contributed by atoms with Crippen molar-refractivity contribution in [2.24, 2.45) is 0 Å². The summed E-state index contributed by atoms with van der Waals surface area (Å²) in [6.07, 6.45) is 6.20. The summed E-state index contributed by atoms with van der Waals surface area (Å²) in [7, 11) is 0. The number of H-pyrrole nitrogens is 1. The van der Waals surface area contributed by atoms with Crippen LogP contribution < -0.4 is 0 Å². The van der Waals surface area contributed by atoms with E-state index in [4.69, 9.17) is 0 Å². The predicted molar refractivity (Wildman–Crippen MR) is 51.8 cm³/mol.